The first kappa shape index (κ1) is 14.8. The van der Waals surface area contributed by atoms with Crippen LogP contribution in [0, 0.1) is 6.92 Å². The molecule has 0 unspecified atom stereocenters. The highest BCUT2D eigenvalue weighted by atomic mass is 19.4. The van der Waals surface area contributed by atoms with Crippen molar-refractivity contribution in [2.24, 2.45) is 0 Å². The summed E-state index contributed by atoms with van der Waals surface area (Å²) in [5.41, 5.74) is 1.00. The molecular weight excluding hydrogens is 221 g/mol. The van der Waals surface area contributed by atoms with Gasteiger partial charge in [-0.2, -0.15) is 0 Å². The van der Waals surface area contributed by atoms with Gasteiger partial charge in [0.15, 0.2) is 0 Å². The van der Waals surface area contributed by atoms with Crippen LogP contribution >= 0.6 is 0 Å². The highest BCUT2D eigenvalue weighted by Gasteiger charge is 2.31. The average molecular weight is 236 g/mol. The molecule has 0 aliphatic rings. The zero-order chi connectivity index (χ0) is 12.8. The SMILES string of the molecule is CC.Cc1cc(CO)cc(OC(F)(F)F)c1. The van der Waals surface area contributed by atoms with Crippen LogP contribution in [-0.4, -0.2) is 11.5 Å². The average Bonchev–Trinajstić information content (AvgIpc) is 2.17. The molecule has 0 fully saturated rings. The molecule has 0 aromatic heterocycles. The molecule has 0 heterocycles. The normalized spacial score (nSPS) is 10.4. The van der Waals surface area contributed by atoms with Crippen LogP contribution < -0.4 is 4.74 Å². The second-order valence-electron chi connectivity index (χ2n) is 2.86. The van der Waals surface area contributed by atoms with Crippen LogP contribution in [0.15, 0.2) is 18.2 Å². The van der Waals surface area contributed by atoms with Gasteiger partial charge in [0, 0.05) is 0 Å². The van der Waals surface area contributed by atoms with E-state index in [-0.39, 0.29) is 12.4 Å². The minimum Gasteiger partial charge on any atom is -0.406 e. The summed E-state index contributed by atoms with van der Waals surface area (Å²) in [7, 11) is 0. The topological polar surface area (TPSA) is 29.5 Å². The van der Waals surface area contributed by atoms with Gasteiger partial charge in [0.25, 0.3) is 0 Å². The van der Waals surface area contributed by atoms with E-state index in [9.17, 15) is 13.2 Å². The summed E-state index contributed by atoms with van der Waals surface area (Å²) in [5, 5.41) is 8.75. The minimum atomic E-state index is -4.69. The maximum Gasteiger partial charge on any atom is 0.573 e. The molecule has 1 aromatic rings. The Balaban J connectivity index is 0.00000106. The Labute approximate surface area is 92.7 Å². The maximum absolute atomic E-state index is 11.8. The third-order valence-electron chi connectivity index (χ3n) is 1.53. The lowest BCUT2D eigenvalue weighted by atomic mass is 10.1. The number of hydrogen-bond donors (Lipinski definition) is 1. The maximum atomic E-state index is 11.8. The summed E-state index contributed by atoms with van der Waals surface area (Å²) in [6.07, 6.45) is -4.69. The fourth-order valence-corrected chi connectivity index (χ4v) is 1.11. The number of benzene rings is 1. The molecule has 0 saturated heterocycles. The molecule has 1 aromatic carbocycles. The minimum absolute atomic E-state index is 0.304. The lowest BCUT2D eigenvalue weighted by Crippen LogP contribution is -2.17. The van der Waals surface area contributed by atoms with Crippen molar-refractivity contribution in [2.45, 2.75) is 33.7 Å². The summed E-state index contributed by atoms with van der Waals surface area (Å²) >= 11 is 0. The molecule has 16 heavy (non-hydrogen) atoms. The second kappa shape index (κ2) is 6.37. The van der Waals surface area contributed by atoms with E-state index in [2.05, 4.69) is 4.74 Å². The predicted octanol–water partition coefficient (Wildman–Crippen LogP) is 3.41. The first-order chi connectivity index (χ1) is 7.40. The van der Waals surface area contributed by atoms with E-state index < -0.39 is 6.36 Å². The van der Waals surface area contributed by atoms with Crippen LogP contribution in [0.25, 0.3) is 0 Å². The predicted molar refractivity (Wildman–Crippen MR) is 55.1 cm³/mol. The Morgan fingerprint density at radius 2 is 1.75 bits per heavy atom. The van der Waals surface area contributed by atoms with Crippen molar-refractivity contribution < 1.29 is 23.0 Å². The smallest absolute Gasteiger partial charge is 0.406 e. The molecule has 0 saturated carbocycles. The van der Waals surface area contributed by atoms with Gasteiger partial charge in [-0.3, -0.25) is 0 Å². The van der Waals surface area contributed by atoms with Gasteiger partial charge in [-0.15, -0.1) is 13.2 Å². The van der Waals surface area contributed by atoms with Gasteiger partial charge in [-0.05, 0) is 30.2 Å². The highest BCUT2D eigenvalue weighted by molar-refractivity contribution is 5.33. The lowest BCUT2D eigenvalue weighted by Gasteiger charge is -2.10. The number of alkyl halides is 3. The molecule has 2 nitrogen and oxygen atoms in total. The number of hydrogen-bond acceptors (Lipinski definition) is 2. The highest BCUT2D eigenvalue weighted by Crippen LogP contribution is 2.24. The third kappa shape index (κ3) is 5.60. The van der Waals surface area contributed by atoms with Gasteiger partial charge in [-0.25, -0.2) is 0 Å². The Hall–Kier alpha value is -1.23. The first-order valence-corrected chi connectivity index (χ1v) is 4.88. The third-order valence-corrected chi connectivity index (χ3v) is 1.53. The van der Waals surface area contributed by atoms with E-state index in [0.29, 0.717) is 11.1 Å². The second-order valence-corrected chi connectivity index (χ2v) is 2.86. The number of halogens is 3. The van der Waals surface area contributed by atoms with Crippen molar-refractivity contribution in [3.63, 3.8) is 0 Å². The fourth-order valence-electron chi connectivity index (χ4n) is 1.11. The Morgan fingerprint density at radius 1 is 1.19 bits per heavy atom. The summed E-state index contributed by atoms with van der Waals surface area (Å²) in [5.74, 6) is -0.304. The van der Waals surface area contributed by atoms with Crippen LogP contribution in [-0.2, 0) is 6.61 Å². The molecule has 1 N–H and O–H groups in total. The van der Waals surface area contributed by atoms with Gasteiger partial charge < -0.3 is 9.84 Å². The molecule has 0 aliphatic heterocycles. The molecule has 0 amide bonds. The van der Waals surface area contributed by atoms with Crippen LogP contribution in [0.1, 0.15) is 25.0 Å². The van der Waals surface area contributed by atoms with E-state index in [0.717, 1.165) is 6.07 Å². The van der Waals surface area contributed by atoms with Gasteiger partial charge in [0.05, 0.1) is 6.61 Å². The molecular formula is C11H15F3O2. The Kier molecular flexibility index (Phi) is 5.88. The monoisotopic (exact) mass is 236 g/mol. The molecule has 0 spiro atoms. The van der Waals surface area contributed by atoms with Crippen LogP contribution in [0.4, 0.5) is 13.2 Å². The first-order valence-electron chi connectivity index (χ1n) is 4.88. The van der Waals surface area contributed by atoms with Crippen molar-refractivity contribution in [3.05, 3.63) is 29.3 Å². The van der Waals surface area contributed by atoms with Gasteiger partial charge in [0.2, 0.25) is 0 Å². The molecule has 0 bridgehead atoms. The zero-order valence-electron chi connectivity index (χ0n) is 9.43. The van der Waals surface area contributed by atoms with Crippen molar-refractivity contribution in [3.8, 4) is 5.75 Å². The van der Waals surface area contributed by atoms with E-state index >= 15 is 0 Å². The molecule has 5 heteroatoms. The van der Waals surface area contributed by atoms with Crippen molar-refractivity contribution in [1.82, 2.24) is 0 Å². The summed E-state index contributed by atoms with van der Waals surface area (Å²) in [6, 6.07) is 4.00. The van der Waals surface area contributed by atoms with Gasteiger partial charge in [0.1, 0.15) is 5.75 Å². The van der Waals surface area contributed by atoms with Crippen molar-refractivity contribution >= 4 is 0 Å². The largest absolute Gasteiger partial charge is 0.573 e. The number of aliphatic hydroxyl groups is 1. The van der Waals surface area contributed by atoms with E-state index in [1.165, 1.54) is 6.07 Å². The van der Waals surface area contributed by atoms with Crippen LogP contribution in [0.2, 0.25) is 0 Å². The summed E-state index contributed by atoms with van der Waals surface area (Å²) in [4.78, 5) is 0. The quantitative estimate of drug-likeness (QED) is 0.852. The van der Waals surface area contributed by atoms with Crippen molar-refractivity contribution in [1.29, 1.82) is 0 Å². The summed E-state index contributed by atoms with van der Waals surface area (Å²) < 4.78 is 39.2. The zero-order valence-corrected chi connectivity index (χ0v) is 9.43. The van der Waals surface area contributed by atoms with Crippen molar-refractivity contribution in [2.75, 3.05) is 0 Å². The summed E-state index contributed by atoms with van der Waals surface area (Å²) in [6.45, 7) is 5.32. The fraction of sp³-hybridized carbons (Fsp3) is 0.455. The van der Waals surface area contributed by atoms with E-state index in [1.807, 2.05) is 13.8 Å². The molecule has 0 atom stereocenters. The standard InChI is InChI=1S/C9H9F3O2.C2H6/c1-6-2-7(5-13)4-8(3-6)14-9(10,11)12;1-2/h2-4,13H,5H2,1H3;1-2H3. The number of aliphatic hydroxyl groups excluding tert-OH is 1. The Morgan fingerprint density at radius 3 is 2.19 bits per heavy atom. The molecule has 92 valence electrons. The van der Waals surface area contributed by atoms with E-state index in [1.54, 1.807) is 13.0 Å². The number of aryl methyl sites for hydroxylation is 1. The number of rotatable bonds is 2. The lowest BCUT2D eigenvalue weighted by molar-refractivity contribution is -0.274. The van der Waals surface area contributed by atoms with Crippen LogP contribution in [0.3, 0.4) is 0 Å². The van der Waals surface area contributed by atoms with Gasteiger partial charge in [-0.1, -0.05) is 19.9 Å². The molecule has 1 rings (SSSR count). The van der Waals surface area contributed by atoms with Gasteiger partial charge >= 0.3 is 6.36 Å². The number of ether oxygens (including phenoxy) is 1. The molecule has 0 radical (unpaired) electrons. The van der Waals surface area contributed by atoms with Crippen LogP contribution in [0.5, 0.6) is 5.75 Å². The molecule has 0 aliphatic carbocycles. The van der Waals surface area contributed by atoms with E-state index in [4.69, 9.17) is 5.11 Å². The Bertz CT molecular complexity index is 321.